The minimum absolute atomic E-state index is 0.0937. The highest BCUT2D eigenvalue weighted by Gasteiger charge is 2.29. The molecule has 0 aliphatic heterocycles. The van der Waals surface area contributed by atoms with E-state index in [2.05, 4.69) is 33.4 Å². The van der Waals surface area contributed by atoms with Crippen LogP contribution in [-0.4, -0.2) is 11.8 Å². The second-order valence-electron chi connectivity index (χ2n) is 3.73. The first kappa shape index (κ1) is 11.4. The van der Waals surface area contributed by atoms with Crippen LogP contribution in [0, 0.1) is 9.49 Å². The number of carbonyl (C=O) groups excluding carboxylic acids is 2. The van der Waals surface area contributed by atoms with Crippen LogP contribution in [0.3, 0.4) is 0 Å². The summed E-state index contributed by atoms with van der Waals surface area (Å²) in [5, 5.41) is 0. The van der Waals surface area contributed by atoms with Crippen LogP contribution < -0.4 is 10.9 Å². The van der Waals surface area contributed by atoms with E-state index >= 15 is 0 Å². The molecule has 4 nitrogen and oxygen atoms in total. The van der Waals surface area contributed by atoms with E-state index in [4.69, 9.17) is 0 Å². The van der Waals surface area contributed by atoms with Gasteiger partial charge in [-0.25, -0.2) is 0 Å². The third-order valence-electron chi connectivity index (χ3n) is 2.33. The van der Waals surface area contributed by atoms with Gasteiger partial charge in [-0.05, 0) is 53.6 Å². The predicted octanol–water partition coefficient (Wildman–Crippen LogP) is 1.46. The van der Waals surface area contributed by atoms with E-state index in [1.54, 1.807) is 18.2 Å². The molecule has 0 spiro atoms. The van der Waals surface area contributed by atoms with Crippen molar-refractivity contribution in [3.63, 3.8) is 0 Å². The molecule has 2 amide bonds. The van der Waals surface area contributed by atoms with Gasteiger partial charge in [0, 0.05) is 15.1 Å². The van der Waals surface area contributed by atoms with Crippen molar-refractivity contribution >= 4 is 34.4 Å². The molecule has 16 heavy (non-hydrogen) atoms. The topological polar surface area (TPSA) is 58.2 Å². The fourth-order valence-corrected chi connectivity index (χ4v) is 1.81. The molecule has 5 heteroatoms. The summed E-state index contributed by atoms with van der Waals surface area (Å²) in [5.41, 5.74) is 5.37. The normalized spacial score (nSPS) is 14.3. The van der Waals surface area contributed by atoms with Crippen molar-refractivity contribution in [2.75, 3.05) is 0 Å². The fraction of sp³-hybridized carbons (Fsp3) is 0.273. The second-order valence-corrected chi connectivity index (χ2v) is 4.97. The van der Waals surface area contributed by atoms with Crippen molar-refractivity contribution < 1.29 is 9.59 Å². The summed E-state index contributed by atoms with van der Waals surface area (Å²) in [6.07, 6.45) is 1.84. The van der Waals surface area contributed by atoms with Crippen LogP contribution >= 0.6 is 22.6 Å². The fourth-order valence-electron chi connectivity index (χ4n) is 1.27. The number of nitrogens with one attached hydrogen (secondary N) is 2. The van der Waals surface area contributed by atoms with Crippen molar-refractivity contribution in [2.45, 2.75) is 12.8 Å². The summed E-state index contributed by atoms with van der Waals surface area (Å²) in [6.45, 7) is 0. The molecule has 0 saturated heterocycles. The molecule has 84 valence electrons. The summed E-state index contributed by atoms with van der Waals surface area (Å²) in [4.78, 5) is 22.9. The van der Waals surface area contributed by atoms with Crippen molar-refractivity contribution in [1.29, 1.82) is 0 Å². The maximum absolute atomic E-state index is 11.6. The lowest BCUT2D eigenvalue weighted by molar-refractivity contribution is -0.123. The molecule has 1 aromatic rings. The minimum atomic E-state index is -0.285. The monoisotopic (exact) mass is 330 g/mol. The van der Waals surface area contributed by atoms with Crippen LogP contribution in [0.4, 0.5) is 0 Å². The number of rotatable bonds is 2. The van der Waals surface area contributed by atoms with Gasteiger partial charge in [-0.2, -0.15) is 0 Å². The Balaban J connectivity index is 1.89. The van der Waals surface area contributed by atoms with Gasteiger partial charge in [0.25, 0.3) is 5.91 Å². The van der Waals surface area contributed by atoms with Crippen LogP contribution in [0.2, 0.25) is 0 Å². The Morgan fingerprint density at radius 1 is 1.25 bits per heavy atom. The molecule has 0 aromatic heterocycles. The lowest BCUT2D eigenvalue weighted by Crippen LogP contribution is -2.42. The van der Waals surface area contributed by atoms with E-state index in [1.807, 2.05) is 6.07 Å². The number of carbonyl (C=O) groups is 2. The molecule has 0 unspecified atom stereocenters. The molecule has 0 bridgehead atoms. The second kappa shape index (κ2) is 4.82. The van der Waals surface area contributed by atoms with E-state index in [-0.39, 0.29) is 17.7 Å². The number of halogens is 1. The molecule has 2 N–H and O–H groups in total. The molecule has 0 radical (unpaired) electrons. The first-order chi connectivity index (χ1) is 7.66. The molecule has 2 rings (SSSR count). The van der Waals surface area contributed by atoms with Crippen LogP contribution in [0.25, 0.3) is 0 Å². The van der Waals surface area contributed by atoms with Gasteiger partial charge in [-0.3, -0.25) is 20.4 Å². The summed E-state index contributed by atoms with van der Waals surface area (Å²) in [5.74, 6) is -0.289. The summed E-state index contributed by atoms with van der Waals surface area (Å²) in [7, 11) is 0. The van der Waals surface area contributed by atoms with Crippen LogP contribution in [0.1, 0.15) is 23.2 Å². The maximum atomic E-state index is 11.6. The highest BCUT2D eigenvalue weighted by molar-refractivity contribution is 14.1. The van der Waals surface area contributed by atoms with Crippen LogP contribution in [0.15, 0.2) is 24.3 Å². The first-order valence-corrected chi connectivity index (χ1v) is 6.10. The lowest BCUT2D eigenvalue weighted by atomic mass is 10.2. The largest absolute Gasteiger partial charge is 0.273 e. The molecule has 0 atom stereocenters. The smallest absolute Gasteiger partial charge is 0.269 e. The predicted molar refractivity (Wildman–Crippen MR) is 67.5 cm³/mol. The number of hydrogen-bond acceptors (Lipinski definition) is 2. The number of benzene rings is 1. The van der Waals surface area contributed by atoms with Gasteiger partial charge < -0.3 is 0 Å². The molecular weight excluding hydrogens is 319 g/mol. The minimum Gasteiger partial charge on any atom is -0.273 e. The zero-order valence-electron chi connectivity index (χ0n) is 8.50. The molecule has 1 aliphatic carbocycles. The molecule has 1 fully saturated rings. The van der Waals surface area contributed by atoms with Gasteiger partial charge >= 0.3 is 0 Å². The molecule has 0 heterocycles. The van der Waals surface area contributed by atoms with Crippen LogP contribution in [-0.2, 0) is 4.79 Å². The molecular formula is C11H11IN2O2. The highest BCUT2D eigenvalue weighted by Crippen LogP contribution is 2.28. The Bertz CT molecular complexity index is 430. The van der Waals surface area contributed by atoms with Gasteiger partial charge in [-0.1, -0.05) is 6.07 Å². The van der Waals surface area contributed by atoms with E-state index in [9.17, 15) is 9.59 Å². The number of hydrogen-bond donors (Lipinski definition) is 2. The van der Waals surface area contributed by atoms with Crippen molar-refractivity contribution in [3.8, 4) is 0 Å². The molecule has 1 saturated carbocycles. The zero-order chi connectivity index (χ0) is 11.5. The Labute approximate surface area is 107 Å². The van der Waals surface area contributed by atoms with Gasteiger partial charge in [0.2, 0.25) is 5.91 Å². The number of amides is 2. The van der Waals surface area contributed by atoms with Gasteiger partial charge in [-0.15, -0.1) is 0 Å². The van der Waals surface area contributed by atoms with Crippen molar-refractivity contribution in [3.05, 3.63) is 33.4 Å². The summed E-state index contributed by atoms with van der Waals surface area (Å²) in [6, 6.07) is 7.18. The third-order valence-corrected chi connectivity index (χ3v) is 3.01. The Morgan fingerprint density at radius 2 is 2.00 bits per heavy atom. The summed E-state index contributed by atoms with van der Waals surface area (Å²) >= 11 is 2.13. The van der Waals surface area contributed by atoms with Crippen LogP contribution in [0.5, 0.6) is 0 Å². The Morgan fingerprint density at radius 3 is 2.62 bits per heavy atom. The van der Waals surface area contributed by atoms with Crippen molar-refractivity contribution in [1.82, 2.24) is 10.9 Å². The lowest BCUT2D eigenvalue weighted by Gasteiger charge is -2.06. The Hall–Kier alpha value is -1.11. The standard InChI is InChI=1S/C11H11IN2O2/c12-9-3-1-2-8(6-9)11(16)14-13-10(15)7-4-5-7/h1-3,6-7H,4-5H2,(H,13,15)(H,14,16). The average molecular weight is 330 g/mol. The highest BCUT2D eigenvalue weighted by atomic mass is 127. The first-order valence-electron chi connectivity index (χ1n) is 5.02. The van der Waals surface area contributed by atoms with E-state index < -0.39 is 0 Å². The van der Waals surface area contributed by atoms with E-state index in [0.717, 1.165) is 16.4 Å². The molecule has 1 aliphatic rings. The SMILES string of the molecule is O=C(NNC(=O)C1CC1)c1cccc(I)c1. The van der Waals surface area contributed by atoms with Gasteiger partial charge in [0.1, 0.15) is 0 Å². The summed E-state index contributed by atoms with van der Waals surface area (Å²) < 4.78 is 0.985. The quantitative estimate of drug-likeness (QED) is 0.637. The Kier molecular flexibility index (Phi) is 3.42. The maximum Gasteiger partial charge on any atom is 0.269 e. The zero-order valence-corrected chi connectivity index (χ0v) is 10.7. The van der Waals surface area contributed by atoms with Gasteiger partial charge in [0.05, 0.1) is 0 Å². The average Bonchev–Trinajstić information content (AvgIpc) is 3.09. The molecule has 1 aromatic carbocycles. The van der Waals surface area contributed by atoms with Crippen molar-refractivity contribution in [2.24, 2.45) is 5.92 Å². The van der Waals surface area contributed by atoms with E-state index in [1.165, 1.54) is 0 Å². The van der Waals surface area contributed by atoms with Gasteiger partial charge in [0.15, 0.2) is 0 Å². The number of hydrazine groups is 1. The third kappa shape index (κ3) is 2.94. The van der Waals surface area contributed by atoms with E-state index in [0.29, 0.717) is 5.56 Å².